The molecule has 3 aromatic rings. The van der Waals surface area contributed by atoms with Gasteiger partial charge in [-0.2, -0.15) is 0 Å². The fourth-order valence-corrected chi connectivity index (χ4v) is 3.43. The Morgan fingerprint density at radius 3 is 2.54 bits per heavy atom. The van der Waals surface area contributed by atoms with E-state index in [0.29, 0.717) is 17.1 Å². The van der Waals surface area contributed by atoms with Crippen molar-refractivity contribution in [3.05, 3.63) is 76.5 Å². The summed E-state index contributed by atoms with van der Waals surface area (Å²) in [7, 11) is 1.33. The highest BCUT2D eigenvalue weighted by atomic mass is 35.5. The Kier molecular flexibility index (Phi) is 4.49. The highest BCUT2D eigenvalue weighted by Crippen LogP contribution is 2.27. The molecule has 2 aromatic carbocycles. The molecule has 0 atom stereocenters. The number of hydrogen-bond acceptors (Lipinski definition) is 3. The van der Waals surface area contributed by atoms with Gasteiger partial charge in [0.25, 0.3) is 11.8 Å². The van der Waals surface area contributed by atoms with E-state index < -0.39 is 17.8 Å². The van der Waals surface area contributed by atoms with Gasteiger partial charge in [0, 0.05) is 41.3 Å². The Morgan fingerprint density at radius 2 is 1.75 bits per heavy atom. The van der Waals surface area contributed by atoms with Gasteiger partial charge in [0.15, 0.2) is 0 Å². The number of aromatic nitrogens is 1. The Morgan fingerprint density at radius 1 is 1.04 bits per heavy atom. The first-order valence-corrected chi connectivity index (χ1v) is 9.00. The molecule has 4 rings (SSSR count). The predicted molar refractivity (Wildman–Crippen MR) is 107 cm³/mol. The van der Waals surface area contributed by atoms with Crippen molar-refractivity contribution in [1.29, 1.82) is 0 Å². The second-order valence-electron chi connectivity index (χ2n) is 6.50. The number of barbiturate groups is 1. The molecule has 0 unspecified atom stereocenters. The molecule has 0 bridgehead atoms. The van der Waals surface area contributed by atoms with Gasteiger partial charge in [0.1, 0.15) is 5.57 Å². The molecule has 1 aliphatic rings. The van der Waals surface area contributed by atoms with Crippen molar-refractivity contribution in [2.45, 2.75) is 6.54 Å². The summed E-state index contributed by atoms with van der Waals surface area (Å²) in [5, 5.41) is 3.73. The Bertz CT molecular complexity index is 1160. The number of imide groups is 2. The molecule has 0 spiro atoms. The van der Waals surface area contributed by atoms with Crippen molar-refractivity contribution < 1.29 is 14.4 Å². The van der Waals surface area contributed by atoms with E-state index in [-0.39, 0.29) is 5.57 Å². The number of fused-ring (bicyclic) bond motifs is 1. The van der Waals surface area contributed by atoms with E-state index in [4.69, 9.17) is 11.6 Å². The van der Waals surface area contributed by atoms with Gasteiger partial charge in [-0.05, 0) is 23.8 Å². The normalized spacial score (nSPS) is 16.1. The number of para-hydroxylation sites is 1. The maximum absolute atomic E-state index is 12.4. The first-order chi connectivity index (χ1) is 13.5. The molecule has 28 heavy (non-hydrogen) atoms. The molecular weight excluding hydrogens is 378 g/mol. The highest BCUT2D eigenvalue weighted by Gasteiger charge is 2.33. The van der Waals surface area contributed by atoms with Crippen LogP contribution in [-0.2, 0) is 16.1 Å². The van der Waals surface area contributed by atoms with Crippen LogP contribution >= 0.6 is 11.6 Å². The molecule has 0 aliphatic carbocycles. The first kappa shape index (κ1) is 18.0. The molecule has 0 radical (unpaired) electrons. The molecule has 4 amide bonds. The Balaban J connectivity index is 1.81. The van der Waals surface area contributed by atoms with Gasteiger partial charge < -0.3 is 4.57 Å². The molecule has 7 heteroatoms. The zero-order chi connectivity index (χ0) is 19.8. The summed E-state index contributed by atoms with van der Waals surface area (Å²) in [4.78, 5) is 37.0. The molecule has 1 N–H and O–H groups in total. The first-order valence-electron chi connectivity index (χ1n) is 8.62. The van der Waals surface area contributed by atoms with Gasteiger partial charge in [-0.1, -0.05) is 48.0 Å². The quantitative estimate of drug-likeness (QED) is 0.547. The monoisotopic (exact) mass is 393 g/mol. The molecule has 1 saturated heterocycles. The van der Waals surface area contributed by atoms with Crippen molar-refractivity contribution in [3.8, 4) is 0 Å². The van der Waals surface area contributed by atoms with Gasteiger partial charge in [-0.15, -0.1) is 0 Å². The number of nitrogens with one attached hydrogen (secondary N) is 1. The second-order valence-corrected chi connectivity index (χ2v) is 6.91. The average Bonchev–Trinajstić information content (AvgIpc) is 3.03. The topological polar surface area (TPSA) is 71.4 Å². The van der Waals surface area contributed by atoms with Crippen molar-refractivity contribution >= 4 is 46.4 Å². The molecule has 1 fully saturated rings. The molecular formula is C21H16ClN3O3. The predicted octanol–water partition coefficient (Wildman–Crippen LogP) is 3.43. The summed E-state index contributed by atoms with van der Waals surface area (Å²) >= 11 is 6.30. The SMILES string of the molecule is CN1C(=O)NC(=O)/C(=C\c2cn(Cc3ccccc3Cl)c3ccccc23)C1=O. The molecule has 1 aromatic heterocycles. The molecule has 2 heterocycles. The van der Waals surface area contributed by atoms with E-state index in [0.717, 1.165) is 21.4 Å². The fraction of sp³-hybridized carbons (Fsp3) is 0.0952. The maximum Gasteiger partial charge on any atom is 0.331 e. The van der Waals surface area contributed by atoms with Crippen molar-refractivity contribution in [3.63, 3.8) is 0 Å². The average molecular weight is 394 g/mol. The lowest BCUT2D eigenvalue weighted by atomic mass is 10.1. The van der Waals surface area contributed by atoms with E-state index in [2.05, 4.69) is 5.32 Å². The van der Waals surface area contributed by atoms with Gasteiger partial charge in [0.05, 0.1) is 0 Å². The second kappa shape index (κ2) is 6.98. The van der Waals surface area contributed by atoms with E-state index in [1.165, 1.54) is 13.1 Å². The van der Waals surface area contributed by atoms with Crippen LogP contribution < -0.4 is 5.32 Å². The van der Waals surface area contributed by atoms with E-state index in [1.807, 2.05) is 59.3 Å². The summed E-state index contributed by atoms with van der Waals surface area (Å²) in [5.41, 5.74) is 2.54. The Labute approximate surface area is 166 Å². The van der Waals surface area contributed by atoms with Gasteiger partial charge in [-0.3, -0.25) is 19.8 Å². The van der Waals surface area contributed by atoms with E-state index >= 15 is 0 Å². The van der Waals surface area contributed by atoms with Gasteiger partial charge in [0.2, 0.25) is 0 Å². The lowest BCUT2D eigenvalue weighted by molar-refractivity contribution is -0.129. The number of carbonyl (C=O) groups excluding carboxylic acids is 3. The Hall–Kier alpha value is -3.38. The van der Waals surface area contributed by atoms with Gasteiger partial charge in [-0.25, -0.2) is 4.79 Å². The lowest BCUT2D eigenvalue weighted by Gasteiger charge is -2.22. The fourth-order valence-electron chi connectivity index (χ4n) is 3.23. The summed E-state index contributed by atoms with van der Waals surface area (Å²) in [6.07, 6.45) is 3.39. The van der Waals surface area contributed by atoms with Crippen LogP contribution in [0.3, 0.4) is 0 Å². The molecule has 140 valence electrons. The number of benzene rings is 2. The van der Waals surface area contributed by atoms with Crippen molar-refractivity contribution in [1.82, 2.24) is 14.8 Å². The number of hydrogen-bond donors (Lipinski definition) is 1. The number of nitrogens with zero attached hydrogens (tertiary/aromatic N) is 2. The van der Waals surface area contributed by atoms with Crippen molar-refractivity contribution in [2.24, 2.45) is 0 Å². The number of carbonyl (C=O) groups is 3. The summed E-state index contributed by atoms with van der Waals surface area (Å²) in [6.45, 7) is 0.544. The number of amides is 4. The minimum atomic E-state index is -0.728. The zero-order valence-electron chi connectivity index (χ0n) is 15.0. The minimum Gasteiger partial charge on any atom is -0.342 e. The van der Waals surface area contributed by atoms with Crippen LogP contribution in [0.2, 0.25) is 5.02 Å². The van der Waals surface area contributed by atoms with Crippen LogP contribution in [-0.4, -0.2) is 34.4 Å². The number of urea groups is 1. The van der Waals surface area contributed by atoms with Crippen LogP contribution in [0.25, 0.3) is 17.0 Å². The number of likely N-dealkylation sites (N-methyl/N-ethyl adjacent to an activating group) is 1. The largest absolute Gasteiger partial charge is 0.342 e. The summed E-state index contributed by atoms with van der Waals surface area (Å²) < 4.78 is 2.02. The van der Waals surface area contributed by atoms with Crippen LogP contribution in [0.4, 0.5) is 4.79 Å². The third-order valence-corrected chi connectivity index (χ3v) is 5.09. The third-order valence-electron chi connectivity index (χ3n) is 4.72. The van der Waals surface area contributed by atoms with Gasteiger partial charge >= 0.3 is 6.03 Å². The number of rotatable bonds is 3. The summed E-state index contributed by atoms with van der Waals surface area (Å²) in [5.74, 6) is -1.33. The molecule has 6 nitrogen and oxygen atoms in total. The number of halogens is 1. The molecule has 1 aliphatic heterocycles. The third kappa shape index (κ3) is 3.08. The van der Waals surface area contributed by atoms with Crippen LogP contribution in [0.5, 0.6) is 0 Å². The standard InChI is InChI=1S/C21H16ClN3O3/c1-24-20(27)16(19(26)23-21(24)28)10-14-12-25(18-9-5-3-7-15(14)18)11-13-6-2-4-8-17(13)22/h2-10,12H,11H2,1H3,(H,23,26,28)/b16-10+. The zero-order valence-corrected chi connectivity index (χ0v) is 15.7. The smallest absolute Gasteiger partial charge is 0.331 e. The van der Waals surface area contributed by atoms with E-state index in [9.17, 15) is 14.4 Å². The minimum absolute atomic E-state index is 0.0808. The van der Waals surface area contributed by atoms with Crippen LogP contribution in [0, 0.1) is 0 Å². The molecule has 0 saturated carbocycles. The van der Waals surface area contributed by atoms with E-state index in [1.54, 1.807) is 0 Å². The van der Waals surface area contributed by atoms with Crippen LogP contribution in [0.1, 0.15) is 11.1 Å². The summed E-state index contributed by atoms with van der Waals surface area (Å²) in [6, 6.07) is 14.6. The highest BCUT2D eigenvalue weighted by molar-refractivity contribution is 6.31. The van der Waals surface area contributed by atoms with Crippen LogP contribution in [0.15, 0.2) is 60.3 Å². The maximum atomic E-state index is 12.4. The van der Waals surface area contributed by atoms with Crippen molar-refractivity contribution in [2.75, 3.05) is 7.05 Å². The lowest BCUT2D eigenvalue weighted by Crippen LogP contribution is -2.52.